The van der Waals surface area contributed by atoms with Gasteiger partial charge in [-0.2, -0.15) is 0 Å². The molecule has 1 aromatic heterocycles. The van der Waals surface area contributed by atoms with E-state index in [2.05, 4.69) is 15.6 Å². The Bertz CT molecular complexity index is 1260. The minimum atomic E-state index is -1.21. The molecule has 3 amide bonds. The van der Waals surface area contributed by atoms with Gasteiger partial charge in [-0.3, -0.25) is 0 Å². The molecule has 0 bridgehead atoms. The van der Waals surface area contributed by atoms with Crippen molar-refractivity contribution in [3.05, 3.63) is 65.1 Å². The number of amides is 3. The predicted octanol–water partition coefficient (Wildman–Crippen LogP) is 6.99. The summed E-state index contributed by atoms with van der Waals surface area (Å²) >= 11 is 1.58. The highest BCUT2D eigenvalue weighted by Crippen LogP contribution is 2.35. The summed E-state index contributed by atoms with van der Waals surface area (Å²) in [6, 6.07) is 7.03. The Balaban J connectivity index is 1.33. The molecule has 1 saturated heterocycles. The molecule has 3 aromatic rings. The first-order chi connectivity index (χ1) is 17.5. The molecule has 0 unspecified atom stereocenters. The van der Waals surface area contributed by atoms with E-state index in [4.69, 9.17) is 4.74 Å². The van der Waals surface area contributed by atoms with Crippen LogP contribution in [0.1, 0.15) is 44.5 Å². The number of piperidine rings is 1. The molecule has 196 valence electrons. The van der Waals surface area contributed by atoms with Gasteiger partial charge in [-0.1, -0.05) is 12.1 Å². The number of carbonyl (C=O) groups is 2. The summed E-state index contributed by atoms with van der Waals surface area (Å²) < 4.78 is 46.0. The maximum absolute atomic E-state index is 13.8. The first-order valence-corrected chi connectivity index (χ1v) is 12.6. The number of urea groups is 1. The molecule has 1 aliphatic rings. The highest BCUT2D eigenvalue weighted by atomic mass is 32.1. The third kappa shape index (κ3) is 6.79. The highest BCUT2D eigenvalue weighted by Gasteiger charge is 2.28. The van der Waals surface area contributed by atoms with Crippen LogP contribution in [-0.2, 0) is 4.74 Å². The molecule has 0 aliphatic carbocycles. The zero-order valence-electron chi connectivity index (χ0n) is 20.6. The summed E-state index contributed by atoms with van der Waals surface area (Å²) in [6.07, 6.45) is 3.12. The van der Waals surface area contributed by atoms with E-state index in [1.807, 2.05) is 20.8 Å². The molecule has 11 heteroatoms. The lowest BCUT2D eigenvalue weighted by atomic mass is 9.98. The van der Waals surface area contributed by atoms with Crippen LogP contribution in [0.4, 0.5) is 34.1 Å². The normalized spacial score (nSPS) is 14.4. The lowest BCUT2D eigenvalue weighted by Gasteiger charge is -2.32. The maximum Gasteiger partial charge on any atom is 0.410 e. The van der Waals surface area contributed by atoms with Crippen molar-refractivity contribution in [2.24, 2.45) is 0 Å². The average Bonchev–Trinajstić information content (AvgIpc) is 3.31. The summed E-state index contributed by atoms with van der Waals surface area (Å²) in [5, 5.41) is 5.55. The molecule has 2 N–H and O–H groups in total. The fraction of sp³-hybridized carbons (Fsp3) is 0.346. The predicted molar refractivity (Wildman–Crippen MR) is 136 cm³/mol. The van der Waals surface area contributed by atoms with Gasteiger partial charge in [0.25, 0.3) is 0 Å². The Morgan fingerprint density at radius 3 is 2.24 bits per heavy atom. The van der Waals surface area contributed by atoms with Crippen LogP contribution >= 0.6 is 11.3 Å². The summed E-state index contributed by atoms with van der Waals surface area (Å²) in [5.74, 6) is -3.23. The third-order valence-electron chi connectivity index (χ3n) is 5.69. The summed E-state index contributed by atoms with van der Waals surface area (Å²) in [7, 11) is 0. The van der Waals surface area contributed by atoms with Gasteiger partial charge in [0.15, 0.2) is 11.6 Å². The van der Waals surface area contributed by atoms with Gasteiger partial charge in [-0.05, 0) is 51.3 Å². The van der Waals surface area contributed by atoms with Gasteiger partial charge in [-0.15, -0.1) is 11.3 Å². The van der Waals surface area contributed by atoms with Crippen molar-refractivity contribution in [3.63, 3.8) is 0 Å². The van der Waals surface area contributed by atoms with Gasteiger partial charge in [0, 0.05) is 43.0 Å². The molecular formula is C26H27F3N4O3S. The lowest BCUT2D eigenvalue weighted by Crippen LogP contribution is -2.41. The number of hydrogen-bond acceptors (Lipinski definition) is 5. The number of aromatic nitrogens is 1. The molecule has 2 aromatic carbocycles. The standard InChI is InChI=1S/C26H27F3N4O3S/c1-26(2,3)36-25(35)33-10-8-16(9-11-33)23-30-14-21(37-23)15-4-6-18(7-5-15)31-24(34)32-22-19(28)12-17(27)13-20(22)29/h4-7,12-14,16H,8-11H2,1-3H3,(H2,31,32,34). The number of benzene rings is 2. The zero-order valence-corrected chi connectivity index (χ0v) is 21.4. The van der Waals surface area contributed by atoms with Crippen LogP contribution < -0.4 is 10.6 Å². The molecule has 0 spiro atoms. The number of anilines is 2. The molecule has 4 rings (SSSR count). The number of carbonyl (C=O) groups excluding carboxylic acids is 2. The summed E-state index contributed by atoms with van der Waals surface area (Å²) in [5.41, 5.74) is 0.0513. The number of nitrogens with zero attached hydrogens (tertiary/aromatic N) is 2. The molecule has 0 saturated carbocycles. The van der Waals surface area contributed by atoms with Crippen molar-refractivity contribution in [1.29, 1.82) is 0 Å². The Morgan fingerprint density at radius 1 is 1.03 bits per heavy atom. The van der Waals surface area contributed by atoms with Crippen LogP contribution in [0, 0.1) is 17.5 Å². The Hall–Kier alpha value is -3.60. The molecule has 37 heavy (non-hydrogen) atoms. The van der Waals surface area contributed by atoms with E-state index < -0.39 is 34.8 Å². The fourth-order valence-electron chi connectivity index (χ4n) is 3.90. The number of likely N-dealkylation sites (tertiary alicyclic amines) is 1. The minimum Gasteiger partial charge on any atom is -0.444 e. The minimum absolute atomic E-state index is 0.259. The summed E-state index contributed by atoms with van der Waals surface area (Å²) in [6.45, 7) is 6.78. The monoisotopic (exact) mass is 532 g/mol. The van der Waals surface area contributed by atoms with Gasteiger partial charge in [-0.25, -0.2) is 27.7 Å². The van der Waals surface area contributed by atoms with Crippen molar-refractivity contribution >= 4 is 34.8 Å². The Morgan fingerprint density at radius 2 is 1.65 bits per heavy atom. The van der Waals surface area contributed by atoms with Gasteiger partial charge >= 0.3 is 12.1 Å². The molecule has 1 fully saturated rings. The van der Waals surface area contributed by atoms with Crippen molar-refractivity contribution in [3.8, 4) is 10.4 Å². The number of halogens is 3. The van der Waals surface area contributed by atoms with E-state index in [-0.39, 0.29) is 12.0 Å². The van der Waals surface area contributed by atoms with Crippen molar-refractivity contribution < 1.29 is 27.5 Å². The molecule has 1 aliphatic heterocycles. The van der Waals surface area contributed by atoms with Crippen molar-refractivity contribution in [2.75, 3.05) is 23.7 Å². The fourth-order valence-corrected chi connectivity index (χ4v) is 4.99. The van der Waals surface area contributed by atoms with E-state index in [0.717, 1.165) is 28.3 Å². The largest absolute Gasteiger partial charge is 0.444 e. The molecule has 0 radical (unpaired) electrons. The van der Waals surface area contributed by atoms with Crippen LogP contribution in [0.25, 0.3) is 10.4 Å². The number of thiazole rings is 1. The number of rotatable bonds is 4. The van der Waals surface area contributed by atoms with Gasteiger partial charge < -0.3 is 20.3 Å². The van der Waals surface area contributed by atoms with E-state index in [1.54, 1.807) is 46.7 Å². The molecule has 0 atom stereocenters. The molecule has 7 nitrogen and oxygen atoms in total. The van der Waals surface area contributed by atoms with Crippen LogP contribution in [0.15, 0.2) is 42.6 Å². The SMILES string of the molecule is CC(C)(C)OC(=O)N1CCC(c2ncc(-c3ccc(NC(=O)Nc4c(F)cc(F)cc4F)cc3)s2)CC1. The first kappa shape index (κ1) is 26.5. The topological polar surface area (TPSA) is 83.6 Å². The van der Waals surface area contributed by atoms with Crippen molar-refractivity contribution in [2.45, 2.75) is 45.1 Å². The quantitative estimate of drug-likeness (QED) is 0.380. The van der Waals surface area contributed by atoms with E-state index in [1.165, 1.54) is 0 Å². The third-order valence-corrected chi connectivity index (χ3v) is 6.90. The van der Waals surface area contributed by atoms with Gasteiger partial charge in [0.05, 0.1) is 9.88 Å². The zero-order chi connectivity index (χ0) is 26.7. The van der Waals surface area contributed by atoms with E-state index >= 15 is 0 Å². The van der Waals surface area contributed by atoms with Crippen LogP contribution in [0.3, 0.4) is 0 Å². The lowest BCUT2D eigenvalue weighted by molar-refractivity contribution is 0.0204. The van der Waals surface area contributed by atoms with Crippen LogP contribution in [0.5, 0.6) is 0 Å². The van der Waals surface area contributed by atoms with E-state index in [9.17, 15) is 22.8 Å². The second-order valence-electron chi connectivity index (χ2n) is 9.71. The van der Waals surface area contributed by atoms with Crippen LogP contribution in [0.2, 0.25) is 0 Å². The Kier molecular flexibility index (Phi) is 7.72. The first-order valence-electron chi connectivity index (χ1n) is 11.7. The molecular weight excluding hydrogens is 505 g/mol. The number of hydrogen-bond donors (Lipinski definition) is 2. The van der Waals surface area contributed by atoms with Gasteiger partial charge in [0.2, 0.25) is 0 Å². The number of ether oxygens (including phenoxy) is 1. The average molecular weight is 533 g/mol. The summed E-state index contributed by atoms with van der Waals surface area (Å²) in [4.78, 5) is 31.7. The second kappa shape index (κ2) is 10.8. The Labute approximate surface area is 216 Å². The molecule has 2 heterocycles. The second-order valence-corrected chi connectivity index (χ2v) is 10.8. The maximum atomic E-state index is 13.8. The van der Waals surface area contributed by atoms with Crippen molar-refractivity contribution in [1.82, 2.24) is 9.88 Å². The van der Waals surface area contributed by atoms with E-state index in [0.29, 0.717) is 30.9 Å². The highest BCUT2D eigenvalue weighted by molar-refractivity contribution is 7.15. The number of nitrogens with one attached hydrogen (secondary N) is 2. The smallest absolute Gasteiger partial charge is 0.410 e. The van der Waals surface area contributed by atoms with Crippen LogP contribution in [-0.4, -0.2) is 40.7 Å². The van der Waals surface area contributed by atoms with Gasteiger partial charge in [0.1, 0.15) is 17.1 Å².